The van der Waals surface area contributed by atoms with Crippen LogP contribution in [-0.2, 0) is 22.7 Å². The van der Waals surface area contributed by atoms with Gasteiger partial charge in [-0.25, -0.2) is 0 Å². The molecule has 9 heteroatoms. The third-order valence-corrected chi connectivity index (χ3v) is 8.19. The summed E-state index contributed by atoms with van der Waals surface area (Å²) in [7, 11) is 3.31. The van der Waals surface area contributed by atoms with Gasteiger partial charge < -0.3 is 34.5 Å². The van der Waals surface area contributed by atoms with Crippen LogP contribution in [0.4, 0.5) is 0 Å². The summed E-state index contributed by atoms with van der Waals surface area (Å²) in [5.41, 5.74) is 2.54. The van der Waals surface area contributed by atoms with Gasteiger partial charge in [-0.05, 0) is 62.2 Å². The van der Waals surface area contributed by atoms with Crippen LogP contribution < -0.4 is 24.8 Å². The first kappa shape index (κ1) is 31.3. The van der Waals surface area contributed by atoms with Crippen LogP contribution in [0.25, 0.3) is 0 Å². The minimum absolute atomic E-state index is 0.0755. The number of hydrogen-bond acceptors (Lipinski definition) is 7. The Morgan fingerprint density at radius 1 is 0.864 bits per heavy atom. The molecule has 3 aromatic carbocycles. The molecule has 2 aliphatic rings. The molecule has 0 radical (unpaired) electrons. The molecule has 1 saturated carbocycles. The van der Waals surface area contributed by atoms with Crippen molar-refractivity contribution >= 4 is 11.8 Å². The van der Waals surface area contributed by atoms with E-state index in [1.165, 1.54) is 0 Å². The van der Waals surface area contributed by atoms with Gasteiger partial charge in [0, 0.05) is 48.3 Å². The minimum Gasteiger partial charge on any atom is -0.496 e. The highest BCUT2D eigenvalue weighted by Gasteiger charge is 2.40. The number of hydrogen-bond donors (Lipinski definition) is 2. The molecule has 0 bridgehead atoms. The molecule has 2 amide bonds. The van der Waals surface area contributed by atoms with E-state index in [2.05, 4.69) is 10.6 Å². The smallest absolute Gasteiger partial charge is 0.251 e. The van der Waals surface area contributed by atoms with E-state index in [-0.39, 0.29) is 29.8 Å². The van der Waals surface area contributed by atoms with E-state index in [9.17, 15) is 9.59 Å². The molecule has 44 heavy (non-hydrogen) atoms. The van der Waals surface area contributed by atoms with Crippen molar-refractivity contribution in [1.82, 2.24) is 15.5 Å². The summed E-state index contributed by atoms with van der Waals surface area (Å²) >= 11 is 0. The number of rotatable bonds is 15. The zero-order valence-corrected chi connectivity index (χ0v) is 25.6. The van der Waals surface area contributed by atoms with Crippen LogP contribution in [0.15, 0.2) is 72.8 Å². The highest BCUT2D eigenvalue weighted by Crippen LogP contribution is 2.32. The number of methoxy groups -OCH3 is 2. The number of benzene rings is 3. The van der Waals surface area contributed by atoms with Gasteiger partial charge in [0.15, 0.2) is 0 Å². The van der Waals surface area contributed by atoms with E-state index >= 15 is 0 Å². The number of amides is 2. The van der Waals surface area contributed by atoms with Crippen LogP contribution in [-0.4, -0.2) is 69.3 Å². The van der Waals surface area contributed by atoms with Gasteiger partial charge in [0.05, 0.1) is 40.0 Å². The fourth-order valence-electron chi connectivity index (χ4n) is 5.60. The molecule has 1 aliphatic heterocycles. The molecule has 1 aliphatic carbocycles. The first-order valence-electron chi connectivity index (χ1n) is 15.4. The number of para-hydroxylation sites is 2. The van der Waals surface area contributed by atoms with Crippen molar-refractivity contribution in [1.29, 1.82) is 0 Å². The van der Waals surface area contributed by atoms with E-state index in [4.69, 9.17) is 18.9 Å². The number of ether oxygens (including phenoxy) is 4. The van der Waals surface area contributed by atoms with Gasteiger partial charge in [0.25, 0.3) is 5.91 Å². The predicted molar refractivity (Wildman–Crippen MR) is 168 cm³/mol. The zero-order valence-electron chi connectivity index (χ0n) is 25.6. The molecule has 0 spiro atoms. The largest absolute Gasteiger partial charge is 0.496 e. The normalized spacial score (nSPS) is 17.9. The highest BCUT2D eigenvalue weighted by molar-refractivity contribution is 5.95. The van der Waals surface area contributed by atoms with Gasteiger partial charge in [-0.1, -0.05) is 36.4 Å². The standard InChI is InChI=1S/C35H43N3O6/c1-41-32-10-5-3-8-26(32)23-38(28-14-15-28)35(40)30-22-36-19-18-31(30)37-34(39)25-12-16-29(17-13-25)44-21-7-20-43-24-27-9-4-6-11-33(27)42-2/h3-6,8-13,16-17,28,30-31,36H,7,14-15,18-24H2,1-2H3,(H,37,39)/t30?,31-/m0/s1. The predicted octanol–water partition coefficient (Wildman–Crippen LogP) is 4.59. The van der Waals surface area contributed by atoms with E-state index in [1.807, 2.05) is 53.4 Å². The molecule has 9 nitrogen and oxygen atoms in total. The van der Waals surface area contributed by atoms with Crippen molar-refractivity contribution in [2.24, 2.45) is 5.92 Å². The average Bonchev–Trinajstić information content (AvgIpc) is 3.91. The number of carbonyl (C=O) groups is 2. The third kappa shape index (κ3) is 8.30. The lowest BCUT2D eigenvalue weighted by Gasteiger charge is -2.36. The summed E-state index contributed by atoms with van der Waals surface area (Å²) < 4.78 is 22.5. The molecule has 2 N–H and O–H groups in total. The lowest BCUT2D eigenvalue weighted by Crippen LogP contribution is -2.55. The molecule has 1 saturated heterocycles. The molecule has 1 unspecified atom stereocenters. The van der Waals surface area contributed by atoms with E-state index in [0.29, 0.717) is 50.6 Å². The number of nitrogens with zero attached hydrogens (tertiary/aromatic N) is 1. The van der Waals surface area contributed by atoms with Crippen LogP contribution in [0.1, 0.15) is 47.2 Å². The Morgan fingerprint density at radius 2 is 1.55 bits per heavy atom. The first-order valence-corrected chi connectivity index (χ1v) is 15.4. The molecule has 3 aromatic rings. The van der Waals surface area contributed by atoms with Crippen LogP contribution >= 0.6 is 0 Å². The molecular formula is C35H43N3O6. The molecule has 234 valence electrons. The topological polar surface area (TPSA) is 98.4 Å². The number of piperidine rings is 1. The molecular weight excluding hydrogens is 558 g/mol. The maximum Gasteiger partial charge on any atom is 0.251 e. The van der Waals surface area contributed by atoms with E-state index in [1.54, 1.807) is 38.5 Å². The second-order valence-corrected chi connectivity index (χ2v) is 11.3. The van der Waals surface area contributed by atoms with Gasteiger partial charge in [0.1, 0.15) is 17.2 Å². The second-order valence-electron chi connectivity index (χ2n) is 11.3. The maximum atomic E-state index is 13.9. The van der Waals surface area contributed by atoms with Crippen LogP contribution in [0.5, 0.6) is 17.2 Å². The SMILES string of the molecule is COc1ccccc1COCCCOc1ccc(C(=O)N[C@H]2CCNCC2C(=O)N(Cc2ccccc2OC)C2CC2)cc1. The lowest BCUT2D eigenvalue weighted by atomic mass is 9.91. The van der Waals surface area contributed by atoms with Crippen molar-refractivity contribution in [3.63, 3.8) is 0 Å². The van der Waals surface area contributed by atoms with Gasteiger partial charge in [0.2, 0.25) is 5.91 Å². The van der Waals surface area contributed by atoms with Gasteiger partial charge in [-0.15, -0.1) is 0 Å². The molecule has 5 rings (SSSR count). The molecule has 1 heterocycles. The van der Waals surface area contributed by atoms with Crippen molar-refractivity contribution in [2.75, 3.05) is 40.5 Å². The Labute approximate surface area is 259 Å². The van der Waals surface area contributed by atoms with Gasteiger partial charge in [-0.2, -0.15) is 0 Å². The monoisotopic (exact) mass is 601 g/mol. The Kier molecular flexibility index (Phi) is 11.1. The summed E-state index contributed by atoms with van der Waals surface area (Å²) in [5.74, 6) is 1.84. The van der Waals surface area contributed by atoms with Crippen LogP contribution in [0.2, 0.25) is 0 Å². The maximum absolute atomic E-state index is 13.9. The molecule has 0 aromatic heterocycles. The van der Waals surface area contributed by atoms with E-state index in [0.717, 1.165) is 48.4 Å². The van der Waals surface area contributed by atoms with E-state index < -0.39 is 0 Å². The third-order valence-electron chi connectivity index (χ3n) is 8.19. The van der Waals surface area contributed by atoms with Crippen LogP contribution in [0.3, 0.4) is 0 Å². The average molecular weight is 602 g/mol. The zero-order chi connectivity index (χ0) is 30.7. The van der Waals surface area contributed by atoms with Crippen molar-refractivity contribution in [2.45, 2.75) is 50.9 Å². The fraction of sp³-hybridized carbons (Fsp3) is 0.429. The Hall–Kier alpha value is -4.08. The van der Waals surface area contributed by atoms with Gasteiger partial charge >= 0.3 is 0 Å². The number of carbonyl (C=O) groups excluding carboxylic acids is 2. The molecule has 2 atom stereocenters. The van der Waals surface area contributed by atoms with Crippen LogP contribution in [0, 0.1) is 5.92 Å². The Bertz CT molecular complexity index is 1380. The summed E-state index contributed by atoms with van der Waals surface area (Å²) in [6.07, 6.45) is 3.43. The fourth-order valence-corrected chi connectivity index (χ4v) is 5.60. The summed E-state index contributed by atoms with van der Waals surface area (Å²) in [4.78, 5) is 29.1. The summed E-state index contributed by atoms with van der Waals surface area (Å²) in [5, 5.41) is 6.51. The quantitative estimate of drug-likeness (QED) is 0.246. The van der Waals surface area contributed by atoms with Crippen molar-refractivity contribution in [3.05, 3.63) is 89.5 Å². The van der Waals surface area contributed by atoms with Crippen molar-refractivity contribution in [3.8, 4) is 17.2 Å². The lowest BCUT2D eigenvalue weighted by molar-refractivity contribution is -0.138. The summed E-state index contributed by atoms with van der Waals surface area (Å²) in [6, 6.07) is 22.8. The highest BCUT2D eigenvalue weighted by atomic mass is 16.5. The first-order chi connectivity index (χ1) is 21.6. The minimum atomic E-state index is -0.337. The molecule has 2 fully saturated rings. The number of nitrogens with one attached hydrogen (secondary N) is 2. The second kappa shape index (κ2) is 15.6. The Morgan fingerprint density at radius 3 is 2.25 bits per heavy atom. The van der Waals surface area contributed by atoms with Crippen molar-refractivity contribution < 1.29 is 28.5 Å². The Balaban J connectivity index is 1.10. The van der Waals surface area contributed by atoms with Gasteiger partial charge in [-0.3, -0.25) is 9.59 Å². The summed E-state index contributed by atoms with van der Waals surface area (Å²) in [6.45, 7) is 3.33.